The Kier molecular flexibility index (Phi) is 4.96. The maximum atomic E-state index is 11.7. The SMILES string of the molecule is CC(=O)NC(C)C(=O)NC(C)c1ccc(Cl)s1. The third-order valence-electron chi connectivity index (χ3n) is 2.19. The number of amides is 2. The van der Waals surface area contributed by atoms with E-state index in [2.05, 4.69) is 10.6 Å². The Hall–Kier alpha value is -1.07. The maximum absolute atomic E-state index is 11.7. The third kappa shape index (κ3) is 4.36. The molecule has 1 aromatic heterocycles. The van der Waals surface area contributed by atoms with E-state index < -0.39 is 6.04 Å². The molecule has 17 heavy (non-hydrogen) atoms. The van der Waals surface area contributed by atoms with Crippen LogP contribution in [0.15, 0.2) is 12.1 Å². The van der Waals surface area contributed by atoms with E-state index >= 15 is 0 Å². The number of nitrogens with one attached hydrogen (secondary N) is 2. The average molecular weight is 275 g/mol. The van der Waals surface area contributed by atoms with Crippen molar-refractivity contribution in [1.82, 2.24) is 10.6 Å². The molecule has 0 fully saturated rings. The van der Waals surface area contributed by atoms with Crippen molar-refractivity contribution >= 4 is 34.8 Å². The summed E-state index contributed by atoms with van der Waals surface area (Å²) in [4.78, 5) is 23.5. The van der Waals surface area contributed by atoms with E-state index in [-0.39, 0.29) is 17.9 Å². The van der Waals surface area contributed by atoms with Gasteiger partial charge in [0, 0.05) is 11.8 Å². The van der Waals surface area contributed by atoms with Gasteiger partial charge in [0.2, 0.25) is 11.8 Å². The standard InChI is InChI=1S/C11H15ClN2O2S/c1-6(9-4-5-10(12)17-9)14-11(16)7(2)13-8(3)15/h4-7H,1-3H3,(H,13,15)(H,14,16). The summed E-state index contributed by atoms with van der Waals surface area (Å²) < 4.78 is 0.691. The molecule has 0 aromatic carbocycles. The van der Waals surface area contributed by atoms with Crippen LogP contribution in [0.5, 0.6) is 0 Å². The number of hydrogen-bond acceptors (Lipinski definition) is 3. The summed E-state index contributed by atoms with van der Waals surface area (Å²) in [7, 11) is 0. The molecule has 0 saturated carbocycles. The summed E-state index contributed by atoms with van der Waals surface area (Å²) in [6.07, 6.45) is 0. The van der Waals surface area contributed by atoms with Crippen LogP contribution < -0.4 is 10.6 Å². The molecule has 2 N–H and O–H groups in total. The van der Waals surface area contributed by atoms with Gasteiger partial charge >= 0.3 is 0 Å². The van der Waals surface area contributed by atoms with Crippen LogP contribution in [0.25, 0.3) is 0 Å². The number of carbonyl (C=O) groups is 2. The molecule has 0 aliphatic heterocycles. The smallest absolute Gasteiger partial charge is 0.242 e. The quantitative estimate of drug-likeness (QED) is 0.883. The number of halogens is 1. The van der Waals surface area contributed by atoms with Crippen LogP contribution in [0.4, 0.5) is 0 Å². The summed E-state index contributed by atoms with van der Waals surface area (Å²) in [5, 5.41) is 5.34. The maximum Gasteiger partial charge on any atom is 0.242 e. The summed E-state index contributed by atoms with van der Waals surface area (Å²) in [5.41, 5.74) is 0. The third-order valence-corrected chi connectivity index (χ3v) is 3.61. The molecule has 4 nitrogen and oxygen atoms in total. The fourth-order valence-corrected chi connectivity index (χ4v) is 2.40. The van der Waals surface area contributed by atoms with Crippen LogP contribution in [0, 0.1) is 0 Å². The van der Waals surface area contributed by atoms with Crippen molar-refractivity contribution in [3.8, 4) is 0 Å². The molecule has 2 unspecified atom stereocenters. The molecule has 1 rings (SSSR count). The summed E-state index contributed by atoms with van der Waals surface area (Å²) in [6, 6.07) is 3.02. The molecule has 94 valence electrons. The van der Waals surface area contributed by atoms with E-state index in [1.807, 2.05) is 13.0 Å². The predicted octanol–water partition coefficient (Wildman–Crippen LogP) is 2.10. The van der Waals surface area contributed by atoms with Gasteiger partial charge in [0.15, 0.2) is 0 Å². The normalized spacial score (nSPS) is 13.9. The number of hydrogen-bond donors (Lipinski definition) is 2. The monoisotopic (exact) mass is 274 g/mol. The van der Waals surface area contributed by atoms with Crippen molar-refractivity contribution in [3.63, 3.8) is 0 Å². The highest BCUT2D eigenvalue weighted by atomic mass is 35.5. The second-order valence-corrected chi connectivity index (χ2v) is 5.54. The second kappa shape index (κ2) is 6.02. The molecule has 2 atom stereocenters. The van der Waals surface area contributed by atoms with Gasteiger partial charge in [0.25, 0.3) is 0 Å². The molecule has 1 aromatic rings. The van der Waals surface area contributed by atoms with Crippen LogP contribution in [-0.4, -0.2) is 17.9 Å². The van der Waals surface area contributed by atoms with Gasteiger partial charge in [-0.1, -0.05) is 11.6 Å². The van der Waals surface area contributed by atoms with Crippen molar-refractivity contribution < 1.29 is 9.59 Å². The van der Waals surface area contributed by atoms with Crippen LogP contribution in [-0.2, 0) is 9.59 Å². The minimum Gasteiger partial charge on any atom is -0.347 e. The lowest BCUT2D eigenvalue weighted by molar-refractivity contribution is -0.128. The van der Waals surface area contributed by atoms with Gasteiger partial charge in [0.05, 0.1) is 10.4 Å². The minimum atomic E-state index is -0.537. The molecule has 0 radical (unpaired) electrons. The molecule has 0 saturated heterocycles. The lowest BCUT2D eigenvalue weighted by Gasteiger charge is -2.16. The van der Waals surface area contributed by atoms with Gasteiger partial charge in [-0.25, -0.2) is 0 Å². The first kappa shape index (κ1) is 14.0. The van der Waals surface area contributed by atoms with Crippen molar-refractivity contribution in [1.29, 1.82) is 0 Å². The lowest BCUT2D eigenvalue weighted by atomic mass is 10.2. The van der Waals surface area contributed by atoms with Gasteiger partial charge in [0.1, 0.15) is 6.04 Å². The Morgan fingerprint density at radius 3 is 2.41 bits per heavy atom. The zero-order valence-corrected chi connectivity index (χ0v) is 11.5. The first-order valence-electron chi connectivity index (χ1n) is 5.23. The summed E-state index contributed by atoms with van der Waals surface area (Å²) in [6.45, 7) is 4.90. The Labute approximate surface area is 109 Å². The van der Waals surface area contributed by atoms with Gasteiger partial charge in [-0.05, 0) is 26.0 Å². The van der Waals surface area contributed by atoms with Crippen LogP contribution in [0.2, 0.25) is 4.34 Å². The molecular formula is C11H15ClN2O2S. The van der Waals surface area contributed by atoms with Gasteiger partial charge < -0.3 is 10.6 Å². The highest BCUT2D eigenvalue weighted by molar-refractivity contribution is 7.16. The Bertz CT molecular complexity index is 419. The molecular weight excluding hydrogens is 260 g/mol. The van der Waals surface area contributed by atoms with Crippen LogP contribution in [0.3, 0.4) is 0 Å². The summed E-state index contributed by atoms with van der Waals surface area (Å²) in [5.74, 6) is -0.434. The van der Waals surface area contributed by atoms with Gasteiger partial charge in [-0.2, -0.15) is 0 Å². The van der Waals surface area contributed by atoms with Crippen LogP contribution in [0.1, 0.15) is 31.7 Å². The Morgan fingerprint density at radius 1 is 1.29 bits per heavy atom. The molecule has 0 aliphatic carbocycles. The minimum absolute atomic E-state index is 0.115. The fraction of sp³-hybridized carbons (Fsp3) is 0.455. The van der Waals surface area contributed by atoms with E-state index in [9.17, 15) is 9.59 Å². The Balaban J connectivity index is 2.53. The second-order valence-electron chi connectivity index (χ2n) is 3.79. The molecule has 0 bridgehead atoms. The highest BCUT2D eigenvalue weighted by Crippen LogP contribution is 2.26. The van der Waals surface area contributed by atoms with E-state index in [0.717, 1.165) is 4.88 Å². The largest absolute Gasteiger partial charge is 0.347 e. The Morgan fingerprint density at radius 2 is 1.94 bits per heavy atom. The van der Waals surface area contributed by atoms with Gasteiger partial charge in [-0.15, -0.1) is 11.3 Å². The zero-order chi connectivity index (χ0) is 13.0. The van der Waals surface area contributed by atoms with E-state index in [4.69, 9.17) is 11.6 Å². The first-order chi connectivity index (χ1) is 7.90. The highest BCUT2D eigenvalue weighted by Gasteiger charge is 2.17. The molecule has 0 spiro atoms. The average Bonchev–Trinajstić information content (AvgIpc) is 2.63. The molecule has 1 heterocycles. The number of rotatable bonds is 4. The fourth-order valence-electron chi connectivity index (χ4n) is 1.34. The van der Waals surface area contributed by atoms with E-state index in [1.165, 1.54) is 18.3 Å². The van der Waals surface area contributed by atoms with E-state index in [1.54, 1.807) is 13.0 Å². The topological polar surface area (TPSA) is 58.2 Å². The summed E-state index contributed by atoms with van der Waals surface area (Å²) >= 11 is 7.25. The van der Waals surface area contributed by atoms with Crippen molar-refractivity contribution in [3.05, 3.63) is 21.3 Å². The van der Waals surface area contributed by atoms with Crippen molar-refractivity contribution in [2.24, 2.45) is 0 Å². The molecule has 6 heteroatoms. The molecule has 2 amide bonds. The number of carbonyl (C=O) groups excluding carboxylic acids is 2. The zero-order valence-electron chi connectivity index (χ0n) is 9.91. The van der Waals surface area contributed by atoms with Crippen LogP contribution >= 0.6 is 22.9 Å². The first-order valence-corrected chi connectivity index (χ1v) is 6.42. The van der Waals surface area contributed by atoms with Gasteiger partial charge in [-0.3, -0.25) is 9.59 Å². The van der Waals surface area contributed by atoms with E-state index in [0.29, 0.717) is 4.34 Å². The predicted molar refractivity (Wildman–Crippen MR) is 69.2 cm³/mol. The lowest BCUT2D eigenvalue weighted by Crippen LogP contribution is -2.44. The van der Waals surface area contributed by atoms with Crippen molar-refractivity contribution in [2.75, 3.05) is 0 Å². The number of thiophene rings is 1. The molecule has 0 aliphatic rings. The van der Waals surface area contributed by atoms with Crippen molar-refractivity contribution in [2.45, 2.75) is 32.9 Å².